The van der Waals surface area contributed by atoms with Gasteiger partial charge in [-0.1, -0.05) is 90.9 Å². The molecule has 1 heteroatoms. The number of hydrogen-bond acceptors (Lipinski definition) is 1. The Hall–Kier alpha value is -0.0400. The van der Waals surface area contributed by atoms with E-state index in [2.05, 4.69) is 13.8 Å². The van der Waals surface area contributed by atoms with Crippen LogP contribution in [0.1, 0.15) is 104 Å². The first-order valence-electron chi connectivity index (χ1n) is 8.56. The van der Waals surface area contributed by atoms with Crippen LogP contribution in [-0.4, -0.2) is 6.04 Å². The second-order valence-electron chi connectivity index (χ2n) is 5.87. The fraction of sp³-hybridized carbons (Fsp3) is 1.00. The van der Waals surface area contributed by atoms with Gasteiger partial charge in [0.15, 0.2) is 0 Å². The SMILES string of the molecule is CCCCCCCCCCCCC(N)CCCC. The summed E-state index contributed by atoms with van der Waals surface area (Å²) in [5, 5.41) is 0. The van der Waals surface area contributed by atoms with Crippen LogP contribution in [0.4, 0.5) is 0 Å². The van der Waals surface area contributed by atoms with Crippen molar-refractivity contribution in [2.24, 2.45) is 5.73 Å². The molecule has 0 saturated heterocycles. The molecule has 0 fully saturated rings. The molecule has 0 aromatic carbocycles. The smallest absolute Gasteiger partial charge is 0.00388 e. The molecule has 0 spiro atoms. The lowest BCUT2D eigenvalue weighted by Gasteiger charge is -2.10. The van der Waals surface area contributed by atoms with Gasteiger partial charge in [0.25, 0.3) is 0 Å². The second-order valence-corrected chi connectivity index (χ2v) is 5.87. The van der Waals surface area contributed by atoms with Crippen molar-refractivity contribution in [2.75, 3.05) is 0 Å². The number of hydrogen-bond donors (Lipinski definition) is 1. The van der Waals surface area contributed by atoms with Crippen molar-refractivity contribution in [3.8, 4) is 0 Å². The second kappa shape index (κ2) is 15.0. The molecule has 0 aromatic heterocycles. The summed E-state index contributed by atoms with van der Waals surface area (Å²) >= 11 is 0. The van der Waals surface area contributed by atoms with E-state index in [1.807, 2.05) is 0 Å². The van der Waals surface area contributed by atoms with Crippen molar-refractivity contribution >= 4 is 0 Å². The first-order chi connectivity index (χ1) is 8.81. The van der Waals surface area contributed by atoms with E-state index in [1.165, 1.54) is 89.9 Å². The fourth-order valence-corrected chi connectivity index (χ4v) is 2.50. The Balaban J connectivity index is 3.02. The van der Waals surface area contributed by atoms with Gasteiger partial charge in [0.05, 0.1) is 0 Å². The minimum absolute atomic E-state index is 0.471. The van der Waals surface area contributed by atoms with E-state index in [0.29, 0.717) is 6.04 Å². The van der Waals surface area contributed by atoms with Crippen molar-refractivity contribution in [3.63, 3.8) is 0 Å². The zero-order valence-electron chi connectivity index (χ0n) is 13.1. The zero-order chi connectivity index (χ0) is 13.5. The molecule has 0 amide bonds. The Bertz CT molecular complexity index is 145. The molecule has 110 valence electrons. The minimum Gasteiger partial charge on any atom is -0.328 e. The van der Waals surface area contributed by atoms with Crippen LogP contribution in [0.25, 0.3) is 0 Å². The van der Waals surface area contributed by atoms with Gasteiger partial charge in [-0.2, -0.15) is 0 Å². The summed E-state index contributed by atoms with van der Waals surface area (Å²) in [4.78, 5) is 0. The molecular weight excluding hydrogens is 218 g/mol. The molecule has 0 bridgehead atoms. The Labute approximate surface area is 116 Å². The van der Waals surface area contributed by atoms with Crippen LogP contribution in [0.5, 0.6) is 0 Å². The third-order valence-electron chi connectivity index (χ3n) is 3.86. The highest BCUT2D eigenvalue weighted by Crippen LogP contribution is 2.12. The van der Waals surface area contributed by atoms with Gasteiger partial charge < -0.3 is 5.73 Å². The number of nitrogens with two attached hydrogens (primary N) is 1. The highest BCUT2D eigenvalue weighted by atomic mass is 14.6. The van der Waals surface area contributed by atoms with Gasteiger partial charge in [-0.25, -0.2) is 0 Å². The Morgan fingerprint density at radius 2 is 0.944 bits per heavy atom. The highest BCUT2D eigenvalue weighted by molar-refractivity contribution is 4.61. The highest BCUT2D eigenvalue weighted by Gasteiger charge is 2.01. The van der Waals surface area contributed by atoms with Crippen LogP contribution in [0, 0.1) is 0 Å². The largest absolute Gasteiger partial charge is 0.328 e. The van der Waals surface area contributed by atoms with Gasteiger partial charge in [0.1, 0.15) is 0 Å². The number of rotatable bonds is 14. The summed E-state index contributed by atoms with van der Waals surface area (Å²) in [5.41, 5.74) is 6.07. The van der Waals surface area contributed by atoms with Crippen LogP contribution in [-0.2, 0) is 0 Å². The monoisotopic (exact) mass is 255 g/mol. The van der Waals surface area contributed by atoms with Gasteiger partial charge in [0.2, 0.25) is 0 Å². The Kier molecular flexibility index (Phi) is 15.0. The molecule has 0 aliphatic heterocycles. The van der Waals surface area contributed by atoms with E-state index in [-0.39, 0.29) is 0 Å². The lowest BCUT2D eigenvalue weighted by Crippen LogP contribution is -2.19. The molecule has 2 N–H and O–H groups in total. The molecule has 1 unspecified atom stereocenters. The van der Waals surface area contributed by atoms with E-state index in [1.54, 1.807) is 0 Å². The zero-order valence-corrected chi connectivity index (χ0v) is 13.1. The van der Waals surface area contributed by atoms with E-state index < -0.39 is 0 Å². The van der Waals surface area contributed by atoms with E-state index in [9.17, 15) is 0 Å². The quantitative estimate of drug-likeness (QED) is 0.389. The Morgan fingerprint density at radius 1 is 0.556 bits per heavy atom. The van der Waals surface area contributed by atoms with Crippen LogP contribution in [0.3, 0.4) is 0 Å². The Morgan fingerprint density at radius 3 is 1.44 bits per heavy atom. The van der Waals surface area contributed by atoms with Crippen molar-refractivity contribution in [1.82, 2.24) is 0 Å². The normalized spacial score (nSPS) is 12.8. The average molecular weight is 255 g/mol. The fourth-order valence-electron chi connectivity index (χ4n) is 2.50. The molecule has 1 nitrogen and oxygen atoms in total. The molecule has 1 atom stereocenters. The lowest BCUT2D eigenvalue weighted by molar-refractivity contribution is 0.493. The molecule has 0 aliphatic carbocycles. The molecule has 0 heterocycles. The van der Waals surface area contributed by atoms with Crippen molar-refractivity contribution in [1.29, 1.82) is 0 Å². The average Bonchev–Trinajstić information content (AvgIpc) is 2.38. The van der Waals surface area contributed by atoms with Gasteiger partial charge in [0, 0.05) is 6.04 Å². The summed E-state index contributed by atoms with van der Waals surface area (Å²) in [6.45, 7) is 4.53. The van der Waals surface area contributed by atoms with Crippen LogP contribution in [0.2, 0.25) is 0 Å². The van der Waals surface area contributed by atoms with Gasteiger partial charge in [-0.05, 0) is 12.8 Å². The maximum atomic E-state index is 6.07. The summed E-state index contributed by atoms with van der Waals surface area (Å²) < 4.78 is 0. The van der Waals surface area contributed by atoms with E-state index in [4.69, 9.17) is 5.73 Å². The molecule has 0 aromatic rings. The maximum absolute atomic E-state index is 6.07. The van der Waals surface area contributed by atoms with Crippen molar-refractivity contribution in [3.05, 3.63) is 0 Å². The maximum Gasteiger partial charge on any atom is 0.00388 e. The molecule has 0 rings (SSSR count). The van der Waals surface area contributed by atoms with E-state index >= 15 is 0 Å². The first kappa shape index (κ1) is 18.0. The summed E-state index contributed by atoms with van der Waals surface area (Å²) in [6.07, 6.45) is 19.3. The molecule has 0 saturated carbocycles. The third-order valence-corrected chi connectivity index (χ3v) is 3.86. The van der Waals surface area contributed by atoms with Gasteiger partial charge in [-0.15, -0.1) is 0 Å². The first-order valence-corrected chi connectivity index (χ1v) is 8.56. The molecule has 18 heavy (non-hydrogen) atoms. The van der Waals surface area contributed by atoms with Crippen LogP contribution >= 0.6 is 0 Å². The standard InChI is InChI=1S/C17H37N/c1-3-5-7-8-9-10-11-12-13-14-16-17(18)15-6-4-2/h17H,3-16,18H2,1-2H3. The summed E-state index contributed by atoms with van der Waals surface area (Å²) in [7, 11) is 0. The van der Waals surface area contributed by atoms with Crippen LogP contribution in [0.15, 0.2) is 0 Å². The molecule has 0 radical (unpaired) electrons. The topological polar surface area (TPSA) is 26.0 Å². The van der Waals surface area contributed by atoms with Gasteiger partial charge >= 0.3 is 0 Å². The predicted octanol–water partition coefficient (Wildman–Crippen LogP) is 5.81. The van der Waals surface area contributed by atoms with Crippen molar-refractivity contribution < 1.29 is 0 Å². The summed E-state index contributed by atoms with van der Waals surface area (Å²) in [6, 6.07) is 0.471. The summed E-state index contributed by atoms with van der Waals surface area (Å²) in [5.74, 6) is 0. The number of unbranched alkanes of at least 4 members (excludes halogenated alkanes) is 10. The minimum atomic E-state index is 0.471. The predicted molar refractivity (Wildman–Crippen MR) is 84.0 cm³/mol. The molecule has 0 aliphatic rings. The van der Waals surface area contributed by atoms with Crippen molar-refractivity contribution in [2.45, 2.75) is 110 Å². The van der Waals surface area contributed by atoms with Gasteiger partial charge in [-0.3, -0.25) is 0 Å². The third kappa shape index (κ3) is 14.0. The van der Waals surface area contributed by atoms with Crippen LogP contribution < -0.4 is 5.73 Å². The van der Waals surface area contributed by atoms with E-state index in [0.717, 1.165) is 0 Å². The lowest BCUT2D eigenvalue weighted by atomic mass is 10.0. The molecular formula is C17H37N.